The predicted octanol–water partition coefficient (Wildman–Crippen LogP) is 6.01. The highest BCUT2D eigenvalue weighted by molar-refractivity contribution is 6.13. The smallest absolute Gasteiger partial charge is 0.248 e. The number of alkyl halides is 3. The van der Waals surface area contributed by atoms with Crippen LogP contribution in [-0.4, -0.2) is 5.71 Å². The van der Waals surface area contributed by atoms with Crippen LogP contribution in [0.25, 0.3) is 0 Å². The van der Waals surface area contributed by atoms with Crippen LogP contribution in [-0.2, 0) is 6.18 Å². The number of nitrogens with zero attached hydrogens (tertiary/aromatic N) is 1. The van der Waals surface area contributed by atoms with Crippen molar-refractivity contribution in [2.45, 2.75) is 6.18 Å². The third-order valence-corrected chi connectivity index (χ3v) is 3.59. The Kier molecular flexibility index (Phi) is 4.65. The van der Waals surface area contributed by atoms with Gasteiger partial charge in [-0.1, -0.05) is 60.7 Å². The minimum atomic E-state index is -4.73. The fraction of sp³-hybridized carbons (Fsp3) is 0.0500. The third-order valence-electron chi connectivity index (χ3n) is 3.59. The lowest BCUT2D eigenvalue weighted by molar-refractivity contribution is -0.139. The SMILES string of the molecule is Fc1cc(N=C(c2ccccc2)c2ccccc2)ccc1C(F)(F)F. The standard InChI is InChI=1S/C20H13F4N/c21-18-13-16(11-12-17(18)20(22,23)24)25-19(14-7-3-1-4-8-14)15-9-5-2-6-10-15/h1-13H. The molecular weight excluding hydrogens is 330 g/mol. The molecule has 0 amide bonds. The van der Waals surface area contributed by atoms with E-state index in [4.69, 9.17) is 0 Å². The average molecular weight is 343 g/mol. The van der Waals surface area contributed by atoms with Gasteiger partial charge in [0.25, 0.3) is 0 Å². The molecule has 0 fully saturated rings. The van der Waals surface area contributed by atoms with Crippen molar-refractivity contribution >= 4 is 11.4 Å². The number of rotatable bonds is 3. The topological polar surface area (TPSA) is 12.4 Å². The van der Waals surface area contributed by atoms with E-state index in [0.29, 0.717) is 11.8 Å². The third kappa shape index (κ3) is 3.94. The molecule has 5 heteroatoms. The largest absolute Gasteiger partial charge is 0.419 e. The molecule has 1 nitrogen and oxygen atoms in total. The summed E-state index contributed by atoms with van der Waals surface area (Å²) in [4.78, 5) is 4.39. The highest BCUT2D eigenvalue weighted by Crippen LogP contribution is 2.33. The Morgan fingerprint density at radius 1 is 0.720 bits per heavy atom. The second kappa shape index (κ2) is 6.89. The van der Waals surface area contributed by atoms with E-state index in [1.807, 2.05) is 60.7 Å². The fourth-order valence-electron chi connectivity index (χ4n) is 2.42. The first kappa shape index (κ1) is 16.9. The van der Waals surface area contributed by atoms with E-state index in [-0.39, 0.29) is 5.69 Å². The summed E-state index contributed by atoms with van der Waals surface area (Å²) in [5.41, 5.74) is 0.948. The minimum Gasteiger partial charge on any atom is -0.248 e. The Balaban J connectivity index is 2.10. The van der Waals surface area contributed by atoms with E-state index in [1.165, 1.54) is 0 Å². The van der Waals surface area contributed by atoms with Crippen LogP contribution in [0.2, 0.25) is 0 Å². The average Bonchev–Trinajstić information content (AvgIpc) is 2.60. The molecule has 0 heterocycles. The van der Waals surface area contributed by atoms with Crippen molar-refractivity contribution in [1.29, 1.82) is 0 Å². The minimum absolute atomic E-state index is 0.119. The summed E-state index contributed by atoms with van der Waals surface area (Å²) in [7, 11) is 0. The van der Waals surface area contributed by atoms with Crippen LogP contribution in [0.5, 0.6) is 0 Å². The van der Waals surface area contributed by atoms with Gasteiger partial charge in [0.1, 0.15) is 5.82 Å². The van der Waals surface area contributed by atoms with Gasteiger partial charge < -0.3 is 0 Å². The van der Waals surface area contributed by atoms with E-state index >= 15 is 0 Å². The van der Waals surface area contributed by atoms with Gasteiger partial charge in [-0.3, -0.25) is 0 Å². The molecule has 0 saturated carbocycles. The highest BCUT2D eigenvalue weighted by Gasteiger charge is 2.33. The summed E-state index contributed by atoms with van der Waals surface area (Å²) in [6.45, 7) is 0. The Labute approximate surface area is 142 Å². The monoisotopic (exact) mass is 343 g/mol. The zero-order valence-corrected chi connectivity index (χ0v) is 13.0. The molecule has 25 heavy (non-hydrogen) atoms. The van der Waals surface area contributed by atoms with E-state index in [9.17, 15) is 17.6 Å². The summed E-state index contributed by atoms with van der Waals surface area (Å²) >= 11 is 0. The van der Waals surface area contributed by atoms with Crippen LogP contribution < -0.4 is 0 Å². The van der Waals surface area contributed by atoms with Gasteiger partial charge in [-0.2, -0.15) is 13.2 Å². The Hall–Kier alpha value is -2.95. The molecule has 0 bridgehead atoms. The molecule has 0 aliphatic rings. The van der Waals surface area contributed by atoms with Crippen LogP contribution in [0.4, 0.5) is 23.2 Å². The number of aliphatic imine (C=N–C) groups is 1. The molecule has 0 N–H and O–H groups in total. The molecule has 3 aromatic rings. The lowest BCUT2D eigenvalue weighted by Gasteiger charge is -2.10. The second-order valence-electron chi connectivity index (χ2n) is 5.35. The molecule has 0 unspecified atom stereocenters. The van der Waals surface area contributed by atoms with Crippen molar-refractivity contribution in [3.8, 4) is 0 Å². The van der Waals surface area contributed by atoms with Gasteiger partial charge in [0.15, 0.2) is 0 Å². The predicted molar refractivity (Wildman–Crippen MR) is 89.6 cm³/mol. The van der Waals surface area contributed by atoms with Gasteiger partial charge in [0.05, 0.1) is 17.0 Å². The number of halogens is 4. The summed E-state index contributed by atoms with van der Waals surface area (Å²) in [5.74, 6) is -1.34. The van der Waals surface area contributed by atoms with Crippen molar-refractivity contribution in [1.82, 2.24) is 0 Å². The van der Waals surface area contributed by atoms with Gasteiger partial charge in [-0.25, -0.2) is 9.38 Å². The van der Waals surface area contributed by atoms with Crippen molar-refractivity contribution in [3.63, 3.8) is 0 Å². The Morgan fingerprint density at radius 2 is 1.24 bits per heavy atom. The lowest BCUT2D eigenvalue weighted by atomic mass is 10.0. The molecule has 0 radical (unpaired) electrons. The lowest BCUT2D eigenvalue weighted by Crippen LogP contribution is -2.07. The van der Waals surface area contributed by atoms with Gasteiger partial charge >= 0.3 is 6.18 Å². The summed E-state index contributed by atoms with van der Waals surface area (Å²) < 4.78 is 51.9. The molecule has 0 spiro atoms. The van der Waals surface area contributed by atoms with Gasteiger partial charge in [0.2, 0.25) is 0 Å². The Morgan fingerprint density at radius 3 is 1.68 bits per heavy atom. The first-order valence-electron chi connectivity index (χ1n) is 7.51. The zero-order chi connectivity index (χ0) is 17.9. The maximum absolute atomic E-state index is 13.8. The first-order chi connectivity index (χ1) is 11.9. The second-order valence-corrected chi connectivity index (χ2v) is 5.35. The molecule has 0 atom stereocenters. The first-order valence-corrected chi connectivity index (χ1v) is 7.51. The number of hydrogen-bond acceptors (Lipinski definition) is 1. The fourth-order valence-corrected chi connectivity index (χ4v) is 2.42. The summed E-state index contributed by atoms with van der Waals surface area (Å²) in [6.07, 6.45) is -4.73. The van der Waals surface area contributed by atoms with Crippen molar-refractivity contribution in [2.75, 3.05) is 0 Å². The van der Waals surface area contributed by atoms with Crippen molar-refractivity contribution < 1.29 is 17.6 Å². The normalized spacial score (nSPS) is 11.2. The molecule has 3 aromatic carbocycles. The quantitative estimate of drug-likeness (QED) is 0.408. The molecule has 3 rings (SSSR count). The van der Waals surface area contributed by atoms with Gasteiger partial charge in [-0.05, 0) is 12.1 Å². The van der Waals surface area contributed by atoms with Crippen LogP contribution in [0.15, 0.2) is 83.9 Å². The summed E-state index contributed by atoms with van der Waals surface area (Å²) in [5, 5.41) is 0. The van der Waals surface area contributed by atoms with Crippen molar-refractivity contribution in [2.24, 2.45) is 4.99 Å². The Bertz CT molecular complexity index is 843. The van der Waals surface area contributed by atoms with Crippen LogP contribution in [0.1, 0.15) is 16.7 Å². The molecule has 0 saturated heterocycles. The van der Waals surface area contributed by atoms with Crippen molar-refractivity contribution in [3.05, 3.63) is 101 Å². The molecule has 0 aliphatic carbocycles. The highest BCUT2D eigenvalue weighted by atomic mass is 19.4. The number of benzene rings is 3. The number of hydrogen-bond donors (Lipinski definition) is 0. The van der Waals surface area contributed by atoms with Gasteiger partial charge in [0, 0.05) is 17.2 Å². The van der Waals surface area contributed by atoms with E-state index in [0.717, 1.165) is 23.3 Å². The zero-order valence-electron chi connectivity index (χ0n) is 13.0. The summed E-state index contributed by atoms with van der Waals surface area (Å²) in [6, 6.07) is 21.1. The van der Waals surface area contributed by atoms with E-state index in [1.54, 1.807) is 0 Å². The maximum Gasteiger partial charge on any atom is 0.419 e. The molecule has 0 aromatic heterocycles. The van der Waals surface area contributed by atoms with Crippen LogP contribution in [0, 0.1) is 5.82 Å². The molecule has 126 valence electrons. The molecular formula is C20H13F4N. The van der Waals surface area contributed by atoms with Gasteiger partial charge in [-0.15, -0.1) is 0 Å². The van der Waals surface area contributed by atoms with E-state index in [2.05, 4.69) is 4.99 Å². The van der Waals surface area contributed by atoms with Crippen LogP contribution >= 0.6 is 0 Å². The maximum atomic E-state index is 13.8. The molecule has 0 aliphatic heterocycles. The van der Waals surface area contributed by atoms with E-state index < -0.39 is 17.6 Å². The van der Waals surface area contributed by atoms with Crippen LogP contribution in [0.3, 0.4) is 0 Å².